The molecule has 0 heterocycles. The van der Waals surface area contributed by atoms with Crippen molar-refractivity contribution in [3.63, 3.8) is 0 Å². The third kappa shape index (κ3) is 1.88. The van der Waals surface area contributed by atoms with E-state index >= 15 is 0 Å². The van der Waals surface area contributed by atoms with E-state index in [0.29, 0.717) is 5.56 Å². The zero-order chi connectivity index (χ0) is 10.0. The molecule has 0 aromatic heterocycles. The molecule has 0 saturated heterocycles. The lowest BCUT2D eigenvalue weighted by Gasteiger charge is -2.05. The third-order valence-electron chi connectivity index (χ3n) is 1.75. The molecule has 1 rings (SSSR count). The molecule has 0 bridgehead atoms. The van der Waals surface area contributed by atoms with Crippen LogP contribution in [0.3, 0.4) is 0 Å². The number of hydrogen-bond donors (Lipinski definition) is 0. The highest BCUT2D eigenvalue weighted by Gasteiger charge is 2.11. The summed E-state index contributed by atoms with van der Waals surface area (Å²) >= 11 is 0. The summed E-state index contributed by atoms with van der Waals surface area (Å²) in [6.07, 6.45) is 0. The zero-order valence-corrected chi connectivity index (χ0v) is 7.43. The Morgan fingerprint density at radius 2 is 2.15 bits per heavy atom. The summed E-state index contributed by atoms with van der Waals surface area (Å²) in [5, 5.41) is 0. The van der Waals surface area contributed by atoms with Crippen LogP contribution in [-0.2, 0) is 4.74 Å². The van der Waals surface area contributed by atoms with E-state index in [0.717, 1.165) is 6.07 Å². The Hall–Kier alpha value is -1.32. The molecule has 0 fully saturated rings. The predicted octanol–water partition coefficient (Wildman–Crippen LogP) is 0.715. The maximum atomic E-state index is 12.9. The van der Waals surface area contributed by atoms with Gasteiger partial charge in [0.2, 0.25) is 0 Å². The SMILES string of the molecule is [B]c1cc(C)c(C(=O)OC)cc1F. The Morgan fingerprint density at radius 1 is 1.54 bits per heavy atom. The first-order valence-electron chi connectivity index (χ1n) is 3.70. The fourth-order valence-corrected chi connectivity index (χ4v) is 1.03. The molecule has 2 nitrogen and oxygen atoms in total. The number of halogens is 1. The fraction of sp³-hybridized carbons (Fsp3) is 0.222. The maximum absolute atomic E-state index is 12.9. The van der Waals surface area contributed by atoms with Crippen molar-refractivity contribution in [1.29, 1.82) is 0 Å². The number of aryl methyl sites for hydroxylation is 1. The second-order valence-electron chi connectivity index (χ2n) is 2.68. The Balaban J connectivity index is 3.23. The smallest absolute Gasteiger partial charge is 0.338 e. The number of benzene rings is 1. The predicted molar refractivity (Wildman–Crippen MR) is 47.9 cm³/mol. The molecule has 66 valence electrons. The monoisotopic (exact) mass is 178 g/mol. The van der Waals surface area contributed by atoms with Crippen molar-refractivity contribution in [1.82, 2.24) is 0 Å². The molecular formula is C9H8BFO2. The Morgan fingerprint density at radius 3 is 2.69 bits per heavy atom. The van der Waals surface area contributed by atoms with Crippen molar-refractivity contribution < 1.29 is 13.9 Å². The van der Waals surface area contributed by atoms with Gasteiger partial charge in [0.25, 0.3) is 0 Å². The van der Waals surface area contributed by atoms with Gasteiger partial charge in [-0.3, -0.25) is 0 Å². The molecular weight excluding hydrogens is 170 g/mol. The number of rotatable bonds is 1. The van der Waals surface area contributed by atoms with Crippen LogP contribution in [0.1, 0.15) is 15.9 Å². The minimum Gasteiger partial charge on any atom is -0.465 e. The average molecular weight is 178 g/mol. The molecule has 0 aliphatic carbocycles. The number of methoxy groups -OCH3 is 1. The summed E-state index contributed by atoms with van der Waals surface area (Å²) in [6, 6.07) is 2.48. The van der Waals surface area contributed by atoms with Gasteiger partial charge in [-0.25, -0.2) is 9.18 Å². The standard InChI is InChI=1S/C9H8BFO2/c1-5-3-7(10)8(11)4-6(5)9(12)13-2/h3-4H,1-2H3. The Bertz CT molecular complexity index is 350. The second-order valence-corrected chi connectivity index (χ2v) is 2.68. The van der Waals surface area contributed by atoms with E-state index in [9.17, 15) is 9.18 Å². The molecule has 0 aliphatic heterocycles. The molecule has 0 atom stereocenters. The molecule has 1 aromatic carbocycles. The molecule has 1 aromatic rings. The zero-order valence-electron chi connectivity index (χ0n) is 7.43. The van der Waals surface area contributed by atoms with Crippen LogP contribution < -0.4 is 5.46 Å². The van der Waals surface area contributed by atoms with E-state index in [1.54, 1.807) is 6.92 Å². The van der Waals surface area contributed by atoms with Crippen molar-refractivity contribution >= 4 is 19.3 Å². The van der Waals surface area contributed by atoms with Crippen LogP contribution in [-0.4, -0.2) is 20.9 Å². The van der Waals surface area contributed by atoms with Crippen LogP contribution in [0.15, 0.2) is 12.1 Å². The molecule has 0 saturated carbocycles. The van der Waals surface area contributed by atoms with Crippen molar-refractivity contribution in [3.05, 3.63) is 29.1 Å². The van der Waals surface area contributed by atoms with Crippen LogP contribution in [0.5, 0.6) is 0 Å². The number of carbonyl (C=O) groups is 1. The van der Waals surface area contributed by atoms with Crippen molar-refractivity contribution in [2.24, 2.45) is 0 Å². The summed E-state index contributed by atoms with van der Waals surface area (Å²) in [4.78, 5) is 11.1. The molecule has 0 amide bonds. The third-order valence-corrected chi connectivity index (χ3v) is 1.75. The van der Waals surface area contributed by atoms with Crippen LogP contribution in [0.2, 0.25) is 0 Å². The van der Waals surface area contributed by atoms with Gasteiger partial charge in [-0.15, -0.1) is 0 Å². The van der Waals surface area contributed by atoms with E-state index in [-0.39, 0.29) is 11.0 Å². The average Bonchev–Trinajstić information content (AvgIpc) is 2.10. The van der Waals surface area contributed by atoms with Crippen LogP contribution >= 0.6 is 0 Å². The van der Waals surface area contributed by atoms with Gasteiger partial charge in [-0.1, -0.05) is 11.5 Å². The highest BCUT2D eigenvalue weighted by Crippen LogP contribution is 2.09. The summed E-state index contributed by atoms with van der Waals surface area (Å²) in [5.41, 5.74) is 0.838. The highest BCUT2D eigenvalue weighted by atomic mass is 19.1. The first kappa shape index (κ1) is 9.77. The van der Waals surface area contributed by atoms with Crippen molar-refractivity contribution in [3.8, 4) is 0 Å². The van der Waals surface area contributed by atoms with Gasteiger partial charge in [0.1, 0.15) is 13.7 Å². The molecule has 0 aliphatic rings. The summed E-state index contributed by atoms with van der Waals surface area (Å²) in [7, 11) is 6.55. The van der Waals surface area contributed by atoms with Crippen LogP contribution in [0, 0.1) is 12.7 Å². The van der Waals surface area contributed by atoms with E-state index in [2.05, 4.69) is 4.74 Å². The summed E-state index contributed by atoms with van der Waals surface area (Å²) < 4.78 is 17.4. The number of carbonyl (C=O) groups excluding carboxylic acids is 1. The van der Waals surface area contributed by atoms with Gasteiger partial charge in [0, 0.05) is 0 Å². The van der Waals surface area contributed by atoms with E-state index < -0.39 is 11.8 Å². The van der Waals surface area contributed by atoms with Gasteiger partial charge in [-0.2, -0.15) is 0 Å². The number of ether oxygens (including phenoxy) is 1. The minimum absolute atomic E-state index is 0.0325. The van der Waals surface area contributed by atoms with Gasteiger partial charge in [0.15, 0.2) is 0 Å². The van der Waals surface area contributed by atoms with Crippen molar-refractivity contribution in [2.75, 3.05) is 7.11 Å². The van der Waals surface area contributed by atoms with E-state index in [1.165, 1.54) is 13.2 Å². The van der Waals surface area contributed by atoms with Crippen LogP contribution in [0.25, 0.3) is 0 Å². The normalized spacial score (nSPS) is 9.77. The van der Waals surface area contributed by atoms with E-state index in [1.807, 2.05) is 0 Å². The Labute approximate surface area is 77.1 Å². The molecule has 4 heteroatoms. The molecule has 0 unspecified atom stereocenters. The quantitative estimate of drug-likeness (QED) is 0.467. The number of hydrogen-bond acceptors (Lipinski definition) is 2. The largest absolute Gasteiger partial charge is 0.465 e. The topological polar surface area (TPSA) is 26.3 Å². The first-order valence-corrected chi connectivity index (χ1v) is 3.70. The van der Waals surface area contributed by atoms with Gasteiger partial charge in [-0.05, 0) is 18.6 Å². The minimum atomic E-state index is -0.606. The lowest BCUT2D eigenvalue weighted by Crippen LogP contribution is -2.13. The van der Waals surface area contributed by atoms with Gasteiger partial charge in [0.05, 0.1) is 12.7 Å². The lowest BCUT2D eigenvalue weighted by molar-refractivity contribution is 0.0599. The molecule has 0 spiro atoms. The second kappa shape index (κ2) is 3.60. The van der Waals surface area contributed by atoms with Crippen molar-refractivity contribution in [2.45, 2.75) is 6.92 Å². The summed E-state index contributed by atoms with van der Waals surface area (Å²) in [6.45, 7) is 1.67. The molecule has 2 radical (unpaired) electrons. The summed E-state index contributed by atoms with van der Waals surface area (Å²) in [5.74, 6) is -1.16. The fourth-order valence-electron chi connectivity index (χ4n) is 1.03. The van der Waals surface area contributed by atoms with Gasteiger partial charge < -0.3 is 4.74 Å². The van der Waals surface area contributed by atoms with E-state index in [4.69, 9.17) is 7.85 Å². The van der Waals surface area contributed by atoms with Crippen LogP contribution in [0.4, 0.5) is 4.39 Å². The molecule has 13 heavy (non-hydrogen) atoms. The maximum Gasteiger partial charge on any atom is 0.338 e. The number of esters is 1. The van der Waals surface area contributed by atoms with Gasteiger partial charge >= 0.3 is 5.97 Å². The first-order chi connectivity index (χ1) is 6.06. The lowest BCUT2D eigenvalue weighted by atomic mass is 9.91. The molecule has 0 N–H and O–H groups in total. The highest BCUT2D eigenvalue weighted by molar-refractivity contribution is 6.32. The Kier molecular flexibility index (Phi) is 2.71.